The summed E-state index contributed by atoms with van der Waals surface area (Å²) in [6.07, 6.45) is 2.07. The molecule has 0 amide bonds. The fraction of sp³-hybridized carbons (Fsp3) is 0.692. The van der Waals surface area contributed by atoms with E-state index < -0.39 is 0 Å². The van der Waals surface area contributed by atoms with Gasteiger partial charge in [-0.3, -0.25) is 0 Å². The molecule has 0 bridgehead atoms. The first-order valence-corrected chi connectivity index (χ1v) is 6.86. The van der Waals surface area contributed by atoms with Crippen LogP contribution < -0.4 is 16.2 Å². The molecule has 0 aromatic carbocycles. The van der Waals surface area contributed by atoms with Crippen molar-refractivity contribution in [3.05, 3.63) is 11.9 Å². The molecule has 6 nitrogen and oxygen atoms in total. The Morgan fingerprint density at radius 3 is 2.89 bits per heavy atom. The van der Waals surface area contributed by atoms with Crippen LogP contribution in [0.4, 0.5) is 11.6 Å². The maximum atomic E-state index is 5.46. The minimum absolute atomic E-state index is 0.678. The lowest BCUT2D eigenvalue weighted by molar-refractivity contribution is 0.395. The highest BCUT2D eigenvalue weighted by Gasteiger charge is 2.21. The Kier molecular flexibility index (Phi) is 4.55. The van der Waals surface area contributed by atoms with Crippen molar-refractivity contribution in [3.8, 4) is 0 Å². The fourth-order valence-corrected chi connectivity index (χ4v) is 2.57. The molecule has 1 aliphatic rings. The van der Waals surface area contributed by atoms with Gasteiger partial charge in [0.15, 0.2) is 0 Å². The molecule has 0 radical (unpaired) electrons. The molecule has 0 aliphatic carbocycles. The summed E-state index contributed by atoms with van der Waals surface area (Å²) in [5, 5.41) is 0. The second-order valence-electron chi connectivity index (χ2n) is 5.32. The number of aryl methyl sites for hydroxylation is 1. The van der Waals surface area contributed by atoms with Gasteiger partial charge in [-0.05, 0) is 25.9 Å². The van der Waals surface area contributed by atoms with Crippen LogP contribution >= 0.6 is 0 Å². The molecule has 1 aliphatic heterocycles. The lowest BCUT2D eigenvalue weighted by Gasteiger charge is -2.23. The van der Waals surface area contributed by atoms with Crippen molar-refractivity contribution in [2.75, 3.05) is 44.1 Å². The Bertz CT molecular complexity index is 399. The molecule has 0 saturated carbocycles. The number of likely N-dealkylation sites (tertiary alicyclic amines) is 1. The predicted molar refractivity (Wildman–Crippen MR) is 78.1 cm³/mol. The minimum Gasteiger partial charge on any atom is -0.359 e. The first kappa shape index (κ1) is 14.0. The van der Waals surface area contributed by atoms with E-state index in [1.54, 1.807) is 0 Å². The van der Waals surface area contributed by atoms with Crippen LogP contribution in [0.2, 0.25) is 0 Å². The minimum atomic E-state index is 0.678. The lowest BCUT2D eigenvalue weighted by atomic mass is 10.1. The molecule has 6 heteroatoms. The van der Waals surface area contributed by atoms with Crippen molar-refractivity contribution in [2.45, 2.75) is 19.8 Å². The van der Waals surface area contributed by atoms with E-state index in [0.717, 1.165) is 31.2 Å². The third kappa shape index (κ3) is 3.54. The maximum Gasteiger partial charge on any atom is 0.145 e. The first-order valence-electron chi connectivity index (χ1n) is 6.86. The third-order valence-corrected chi connectivity index (χ3v) is 3.64. The number of aromatic nitrogens is 2. The third-order valence-electron chi connectivity index (χ3n) is 3.64. The fourth-order valence-electron chi connectivity index (χ4n) is 2.57. The molecule has 1 atom stereocenters. The standard InChI is InChI=1S/C13H24N6/c1-4-11-15-12(17-14)7-13(16-11)19(3)9-10-5-6-18(2)8-10/h7,10H,4-6,8-9,14H2,1-3H3,(H,15,16,17). The Morgan fingerprint density at radius 1 is 1.53 bits per heavy atom. The smallest absolute Gasteiger partial charge is 0.145 e. The zero-order valence-corrected chi connectivity index (χ0v) is 12.1. The van der Waals surface area contributed by atoms with Gasteiger partial charge in [0.25, 0.3) is 0 Å². The van der Waals surface area contributed by atoms with Gasteiger partial charge in [0.05, 0.1) is 0 Å². The largest absolute Gasteiger partial charge is 0.359 e. The summed E-state index contributed by atoms with van der Waals surface area (Å²) in [4.78, 5) is 13.5. The normalized spacial score (nSPS) is 19.7. The van der Waals surface area contributed by atoms with Crippen molar-refractivity contribution in [1.29, 1.82) is 0 Å². The van der Waals surface area contributed by atoms with Crippen molar-refractivity contribution >= 4 is 11.6 Å². The molecule has 1 aromatic heterocycles. The Balaban J connectivity index is 2.07. The van der Waals surface area contributed by atoms with Gasteiger partial charge in [0.1, 0.15) is 17.5 Å². The van der Waals surface area contributed by atoms with Crippen molar-refractivity contribution in [3.63, 3.8) is 0 Å². The molecular weight excluding hydrogens is 240 g/mol. The predicted octanol–water partition coefficient (Wildman–Crippen LogP) is 0.713. The van der Waals surface area contributed by atoms with E-state index in [-0.39, 0.29) is 0 Å². The van der Waals surface area contributed by atoms with Crippen LogP contribution in [0.5, 0.6) is 0 Å². The molecule has 1 saturated heterocycles. The van der Waals surface area contributed by atoms with Crippen LogP contribution in [0.25, 0.3) is 0 Å². The zero-order valence-electron chi connectivity index (χ0n) is 12.1. The van der Waals surface area contributed by atoms with E-state index in [1.165, 1.54) is 13.0 Å². The lowest BCUT2D eigenvalue weighted by Crippen LogP contribution is -2.28. The van der Waals surface area contributed by atoms with E-state index in [9.17, 15) is 0 Å². The average molecular weight is 264 g/mol. The van der Waals surface area contributed by atoms with Crippen molar-refractivity contribution in [1.82, 2.24) is 14.9 Å². The number of rotatable bonds is 5. The second-order valence-corrected chi connectivity index (χ2v) is 5.32. The molecule has 3 N–H and O–H groups in total. The summed E-state index contributed by atoms with van der Waals surface area (Å²) >= 11 is 0. The summed E-state index contributed by atoms with van der Waals surface area (Å²) in [5.41, 5.74) is 2.61. The molecule has 1 unspecified atom stereocenters. The molecule has 1 fully saturated rings. The van der Waals surface area contributed by atoms with Gasteiger partial charge in [0.2, 0.25) is 0 Å². The number of hydrogen-bond acceptors (Lipinski definition) is 6. The van der Waals surface area contributed by atoms with Crippen molar-refractivity contribution < 1.29 is 0 Å². The summed E-state index contributed by atoms with van der Waals surface area (Å²) in [6, 6.07) is 1.90. The highest BCUT2D eigenvalue weighted by atomic mass is 15.3. The Hall–Kier alpha value is -1.40. The van der Waals surface area contributed by atoms with Gasteiger partial charge >= 0.3 is 0 Å². The van der Waals surface area contributed by atoms with Gasteiger partial charge in [-0.15, -0.1) is 0 Å². The van der Waals surface area contributed by atoms with Crippen LogP contribution in [0.3, 0.4) is 0 Å². The van der Waals surface area contributed by atoms with E-state index in [0.29, 0.717) is 11.7 Å². The number of nitrogens with two attached hydrogens (primary N) is 1. The molecule has 2 heterocycles. The average Bonchev–Trinajstić information content (AvgIpc) is 2.83. The Labute approximate surface area is 115 Å². The van der Waals surface area contributed by atoms with Gasteiger partial charge < -0.3 is 15.2 Å². The van der Waals surface area contributed by atoms with Crippen LogP contribution in [0, 0.1) is 5.92 Å². The zero-order chi connectivity index (χ0) is 13.8. The van der Waals surface area contributed by atoms with E-state index in [4.69, 9.17) is 5.84 Å². The highest BCUT2D eigenvalue weighted by Crippen LogP contribution is 2.20. The van der Waals surface area contributed by atoms with Gasteiger partial charge in [0, 0.05) is 32.6 Å². The quantitative estimate of drug-likeness (QED) is 0.603. The number of anilines is 2. The van der Waals surface area contributed by atoms with Gasteiger partial charge in [-0.1, -0.05) is 6.92 Å². The van der Waals surface area contributed by atoms with Crippen molar-refractivity contribution in [2.24, 2.45) is 11.8 Å². The van der Waals surface area contributed by atoms with Crippen LogP contribution in [0.1, 0.15) is 19.2 Å². The van der Waals surface area contributed by atoms with Crippen LogP contribution in [-0.4, -0.2) is 48.6 Å². The molecule has 2 rings (SSSR count). The molecule has 19 heavy (non-hydrogen) atoms. The number of hydrogen-bond donors (Lipinski definition) is 2. The number of nitrogens with zero attached hydrogens (tertiary/aromatic N) is 4. The van der Waals surface area contributed by atoms with E-state index in [1.807, 2.05) is 13.0 Å². The topological polar surface area (TPSA) is 70.3 Å². The summed E-state index contributed by atoms with van der Waals surface area (Å²) < 4.78 is 0. The molecule has 1 aromatic rings. The first-order chi connectivity index (χ1) is 9.12. The summed E-state index contributed by atoms with van der Waals surface area (Å²) in [6.45, 7) is 5.43. The molecule has 0 spiro atoms. The van der Waals surface area contributed by atoms with E-state index >= 15 is 0 Å². The summed E-state index contributed by atoms with van der Waals surface area (Å²) in [7, 11) is 4.26. The molecular formula is C13H24N6. The number of nitrogen functional groups attached to an aromatic ring is 1. The van der Waals surface area contributed by atoms with E-state index in [2.05, 4.69) is 39.3 Å². The second kappa shape index (κ2) is 6.16. The SMILES string of the molecule is CCc1nc(NN)cc(N(C)CC2CCN(C)C2)n1. The van der Waals surface area contributed by atoms with Crippen LogP contribution in [-0.2, 0) is 6.42 Å². The Morgan fingerprint density at radius 2 is 2.32 bits per heavy atom. The highest BCUT2D eigenvalue weighted by molar-refractivity contribution is 5.48. The number of nitrogens with one attached hydrogen (secondary N) is 1. The van der Waals surface area contributed by atoms with Gasteiger partial charge in [-0.25, -0.2) is 15.8 Å². The van der Waals surface area contributed by atoms with Gasteiger partial charge in [-0.2, -0.15) is 0 Å². The maximum absolute atomic E-state index is 5.46. The molecule has 106 valence electrons. The van der Waals surface area contributed by atoms with Crippen LogP contribution in [0.15, 0.2) is 6.07 Å². The number of hydrazine groups is 1. The monoisotopic (exact) mass is 264 g/mol. The summed E-state index contributed by atoms with van der Waals surface area (Å²) in [5.74, 6) is 8.61.